The monoisotopic (exact) mass is 719 g/mol. The Labute approximate surface area is 327 Å². The summed E-state index contributed by atoms with van der Waals surface area (Å²) < 4.78 is 4.81. The highest BCUT2D eigenvalue weighted by molar-refractivity contribution is 6.12. The van der Waals surface area contributed by atoms with Gasteiger partial charge in [-0.15, -0.1) is 0 Å². The van der Waals surface area contributed by atoms with Gasteiger partial charge in [0.05, 0.1) is 28.1 Å². The van der Waals surface area contributed by atoms with Crippen LogP contribution >= 0.6 is 0 Å². The molecule has 1 aliphatic carbocycles. The maximum absolute atomic E-state index is 9.37. The fourth-order valence-electron chi connectivity index (χ4n) is 9.15. The molecule has 2 heterocycles. The van der Waals surface area contributed by atoms with Crippen molar-refractivity contribution in [1.82, 2.24) is 9.13 Å². The van der Waals surface area contributed by atoms with E-state index in [1.807, 2.05) is 12.2 Å². The van der Waals surface area contributed by atoms with Gasteiger partial charge in [0.1, 0.15) is 0 Å². The van der Waals surface area contributed by atoms with Crippen LogP contribution in [0, 0.1) is 11.3 Å². The van der Waals surface area contributed by atoms with Gasteiger partial charge < -0.3 is 9.13 Å². The van der Waals surface area contributed by atoms with Crippen LogP contribution in [-0.4, -0.2) is 9.13 Å². The van der Waals surface area contributed by atoms with Crippen molar-refractivity contribution in [2.24, 2.45) is 0 Å². The number of aromatic nitrogens is 2. The summed E-state index contributed by atoms with van der Waals surface area (Å²) in [5.74, 6) is 0. The van der Waals surface area contributed by atoms with Crippen LogP contribution in [0.15, 0.2) is 169 Å². The predicted molar refractivity (Wildman–Crippen MR) is 236 cm³/mol. The first-order valence-electron chi connectivity index (χ1n) is 19.6. The number of hydrogen-bond acceptors (Lipinski definition) is 1. The third kappa shape index (κ3) is 5.25. The predicted octanol–water partition coefficient (Wildman–Crippen LogP) is 14.1. The molecule has 0 N–H and O–H groups in total. The highest BCUT2D eigenvalue weighted by Crippen LogP contribution is 2.49. The van der Waals surface area contributed by atoms with Crippen molar-refractivity contribution in [3.8, 4) is 39.7 Å². The Kier molecular flexibility index (Phi) is 7.90. The molecule has 0 radical (unpaired) electrons. The lowest BCUT2D eigenvalue weighted by Crippen LogP contribution is -2.15. The zero-order valence-corrected chi connectivity index (χ0v) is 31.9. The average Bonchev–Trinajstić information content (AvgIpc) is 3.83. The molecule has 0 fully saturated rings. The number of rotatable bonds is 7. The number of hydrogen-bond donors (Lipinski definition) is 0. The Hall–Kier alpha value is -6.89. The summed E-state index contributed by atoms with van der Waals surface area (Å²) >= 11 is 0. The normalized spacial score (nSPS) is 13.6. The van der Waals surface area contributed by atoms with Crippen molar-refractivity contribution in [1.29, 1.82) is 5.26 Å². The smallest absolute Gasteiger partial charge is 0.0947 e. The van der Waals surface area contributed by atoms with Gasteiger partial charge in [0.2, 0.25) is 0 Å². The van der Waals surface area contributed by atoms with Gasteiger partial charge in [-0.3, -0.25) is 0 Å². The van der Waals surface area contributed by atoms with E-state index >= 15 is 0 Å². The van der Waals surface area contributed by atoms with E-state index in [0.29, 0.717) is 0 Å². The number of para-hydroxylation sites is 2. The van der Waals surface area contributed by atoms with Crippen molar-refractivity contribution in [3.05, 3.63) is 186 Å². The maximum atomic E-state index is 9.37. The summed E-state index contributed by atoms with van der Waals surface area (Å²) in [5.41, 5.74) is 16.8. The first kappa shape index (κ1) is 33.7. The molecule has 0 saturated heterocycles. The minimum atomic E-state index is -0.0637. The van der Waals surface area contributed by atoms with Crippen LogP contribution in [0.4, 0.5) is 0 Å². The second kappa shape index (κ2) is 13.1. The Bertz CT molecular complexity index is 3120. The number of fused-ring (bicyclic) bond motifs is 9. The van der Waals surface area contributed by atoms with E-state index in [9.17, 15) is 5.26 Å². The molecule has 0 unspecified atom stereocenters. The van der Waals surface area contributed by atoms with E-state index in [1.54, 1.807) is 0 Å². The SMILES string of the molecule is CCC/C(C#N)=C\C=Cc1ccc(-n2c3ccccc3c3cc(-c4ccc5c(c4)c4ccccc4n5-c4ccc5c(c4)C(C)(C)c4ccccc4-5)ccc32)cc1. The van der Waals surface area contributed by atoms with Crippen molar-refractivity contribution in [2.75, 3.05) is 0 Å². The Morgan fingerprint density at radius 1 is 0.571 bits per heavy atom. The van der Waals surface area contributed by atoms with E-state index < -0.39 is 0 Å². The zero-order chi connectivity index (χ0) is 38.0. The minimum Gasteiger partial charge on any atom is -0.309 e. The van der Waals surface area contributed by atoms with Crippen molar-refractivity contribution >= 4 is 49.7 Å². The van der Waals surface area contributed by atoms with Crippen LogP contribution in [0.1, 0.15) is 50.3 Å². The minimum absolute atomic E-state index is 0.0637. The van der Waals surface area contributed by atoms with Crippen LogP contribution < -0.4 is 0 Å². The van der Waals surface area contributed by atoms with Crippen molar-refractivity contribution in [2.45, 2.75) is 39.0 Å². The lowest BCUT2D eigenvalue weighted by atomic mass is 9.82. The first-order valence-corrected chi connectivity index (χ1v) is 19.6. The number of benzene rings is 7. The van der Waals surface area contributed by atoms with Gasteiger partial charge in [-0.1, -0.05) is 130 Å². The number of nitriles is 1. The zero-order valence-electron chi connectivity index (χ0n) is 31.9. The molecular weight excluding hydrogens is 679 g/mol. The van der Waals surface area contributed by atoms with Gasteiger partial charge >= 0.3 is 0 Å². The maximum Gasteiger partial charge on any atom is 0.0947 e. The van der Waals surface area contributed by atoms with E-state index in [2.05, 4.69) is 194 Å². The van der Waals surface area contributed by atoms with Crippen LogP contribution in [0.3, 0.4) is 0 Å². The topological polar surface area (TPSA) is 33.6 Å². The fourth-order valence-corrected chi connectivity index (χ4v) is 9.15. The quantitative estimate of drug-likeness (QED) is 0.119. The third-order valence-electron chi connectivity index (χ3n) is 11.9. The summed E-state index contributed by atoms with van der Waals surface area (Å²) in [6.07, 6.45) is 7.74. The van der Waals surface area contributed by atoms with Crippen LogP contribution in [0.5, 0.6) is 0 Å². The van der Waals surface area contributed by atoms with Crippen LogP contribution in [-0.2, 0) is 5.41 Å². The molecule has 2 aromatic heterocycles. The number of allylic oxidation sites excluding steroid dienone is 3. The highest BCUT2D eigenvalue weighted by Gasteiger charge is 2.35. The van der Waals surface area contributed by atoms with Gasteiger partial charge in [0, 0.05) is 43.9 Å². The molecule has 268 valence electrons. The van der Waals surface area contributed by atoms with Gasteiger partial charge in [-0.05, 0) is 112 Å². The molecule has 0 atom stereocenters. The summed E-state index contributed by atoms with van der Waals surface area (Å²) in [5, 5.41) is 14.3. The van der Waals surface area contributed by atoms with Gasteiger partial charge in [0.25, 0.3) is 0 Å². The Morgan fingerprint density at radius 3 is 1.77 bits per heavy atom. The molecule has 0 saturated carbocycles. The largest absolute Gasteiger partial charge is 0.309 e. The third-order valence-corrected chi connectivity index (χ3v) is 11.9. The van der Waals surface area contributed by atoms with Crippen molar-refractivity contribution < 1.29 is 0 Å². The second-order valence-corrected chi connectivity index (χ2v) is 15.6. The molecule has 0 amide bonds. The van der Waals surface area contributed by atoms with Crippen LogP contribution in [0.2, 0.25) is 0 Å². The average molecular weight is 720 g/mol. The van der Waals surface area contributed by atoms with E-state index in [0.717, 1.165) is 29.7 Å². The molecule has 1 aliphatic rings. The van der Waals surface area contributed by atoms with E-state index in [-0.39, 0.29) is 5.41 Å². The molecule has 3 nitrogen and oxygen atoms in total. The Balaban J connectivity index is 1.05. The summed E-state index contributed by atoms with van der Waals surface area (Å²) in [6.45, 7) is 6.80. The van der Waals surface area contributed by atoms with Gasteiger partial charge in [0.15, 0.2) is 0 Å². The highest BCUT2D eigenvalue weighted by atomic mass is 15.0. The molecule has 10 rings (SSSR count). The van der Waals surface area contributed by atoms with Gasteiger partial charge in [-0.2, -0.15) is 5.26 Å². The van der Waals surface area contributed by atoms with Crippen molar-refractivity contribution in [3.63, 3.8) is 0 Å². The molecule has 0 bridgehead atoms. The molecule has 3 heteroatoms. The summed E-state index contributed by atoms with van der Waals surface area (Å²) in [6, 6.07) is 58.3. The molecule has 56 heavy (non-hydrogen) atoms. The lowest BCUT2D eigenvalue weighted by Gasteiger charge is -2.22. The van der Waals surface area contributed by atoms with Crippen LogP contribution in [0.25, 0.3) is 83.3 Å². The van der Waals surface area contributed by atoms with Gasteiger partial charge in [-0.25, -0.2) is 0 Å². The second-order valence-electron chi connectivity index (χ2n) is 15.6. The standard InChI is InChI=1S/C53H41N3/c1-4-12-36(34-54)14-11-13-35-21-25-39(26-22-35)55-49-19-9-6-16-43(49)45-31-37(23-29-51(45)55)38-24-30-52-46(32-38)44-17-7-10-20-50(44)56(52)40-27-28-42-41-15-5-8-18-47(41)53(2,3)48(42)33-40/h5-11,13-33H,4,12H2,1-3H3/b13-11?,36-14+. The summed E-state index contributed by atoms with van der Waals surface area (Å²) in [4.78, 5) is 0. The molecule has 0 aliphatic heterocycles. The van der Waals surface area contributed by atoms with E-state index in [4.69, 9.17) is 0 Å². The molecule has 9 aromatic rings. The molecular formula is C53H41N3. The molecule has 7 aromatic carbocycles. The lowest BCUT2D eigenvalue weighted by molar-refractivity contribution is 0.660. The molecule has 0 spiro atoms. The first-order chi connectivity index (χ1) is 27.4. The number of nitrogens with zero attached hydrogens (tertiary/aromatic N) is 3. The summed E-state index contributed by atoms with van der Waals surface area (Å²) in [7, 11) is 0. The van der Waals surface area contributed by atoms with E-state index in [1.165, 1.54) is 82.7 Å². The fraction of sp³-hybridized carbons (Fsp3) is 0.113. The Morgan fingerprint density at radius 2 is 1.12 bits per heavy atom.